The number of benzene rings is 2. The van der Waals surface area contributed by atoms with Gasteiger partial charge in [-0.15, -0.1) is 5.10 Å². The number of aromatic nitrogens is 7. The third-order valence-electron chi connectivity index (χ3n) is 24.7. The van der Waals surface area contributed by atoms with Gasteiger partial charge in [-0.3, -0.25) is 91.7 Å². The number of aliphatic hydroxyl groups is 2. The number of imidazole rings is 1. The number of tetrazole rings is 1. The number of primary amides is 1. The molecule has 3 aromatic heterocycles. The van der Waals surface area contributed by atoms with Gasteiger partial charge < -0.3 is 137 Å². The first-order valence-corrected chi connectivity index (χ1v) is 50.2. The zero-order valence-corrected chi connectivity index (χ0v) is 83.0. The minimum absolute atomic E-state index is 0.0148. The summed E-state index contributed by atoms with van der Waals surface area (Å²) >= 11 is 0. The number of carboxylic acid groups (broad SMARTS) is 1. The molecule has 7 rings (SSSR count). The van der Waals surface area contributed by atoms with Crippen LogP contribution in [0.25, 0.3) is 10.9 Å². The van der Waals surface area contributed by atoms with Crippen LogP contribution in [0.5, 0.6) is 0 Å². The number of hydrogen-bond acceptors (Lipinski definition) is 28. The van der Waals surface area contributed by atoms with Crippen molar-refractivity contribution in [3.05, 3.63) is 96.0 Å². The first-order valence-electron chi connectivity index (χ1n) is 50.2. The topological polar surface area (TPSA) is 771 Å². The molecule has 0 bridgehead atoms. The number of ketones is 1. The minimum Gasteiger partial charge on any atom is -0.481 e. The smallest absolute Gasteiger partial charge is 0.303 e. The highest BCUT2D eigenvalue weighted by atomic mass is 16.5. The second kappa shape index (κ2) is 66.1. The summed E-state index contributed by atoms with van der Waals surface area (Å²) in [5.41, 5.74) is 19.3. The highest BCUT2D eigenvalue weighted by Gasteiger charge is 2.45. The van der Waals surface area contributed by atoms with Gasteiger partial charge in [0.1, 0.15) is 78.9 Å². The molecule has 804 valence electrons. The number of fused-ring (bicyclic) bond motifs is 2. The molecule has 0 aliphatic carbocycles. The summed E-state index contributed by atoms with van der Waals surface area (Å²) in [6, 6.07) is -2.65. The number of Topliss-reactive ketones (excluding diaryl/α,β-unsaturated/α-hetero) is 1. The lowest BCUT2D eigenvalue weighted by atomic mass is 10.0. The van der Waals surface area contributed by atoms with E-state index in [0.29, 0.717) is 24.0 Å². The number of carbonyl (C=O) groups is 18. The Bertz CT molecular complexity index is 5010. The van der Waals surface area contributed by atoms with Gasteiger partial charge in [-0.25, -0.2) is 10.1 Å². The number of amides is 16. The number of nitrogens with one attached hydrogen (secondary N) is 19. The van der Waals surface area contributed by atoms with E-state index in [4.69, 9.17) is 32.1 Å². The number of carboxylic acids is 1. The number of guanidine groups is 1. The molecule has 2 aliphatic rings. The van der Waals surface area contributed by atoms with Crippen molar-refractivity contribution in [2.75, 3.05) is 72.3 Å². The number of rotatable bonds is 61. The second-order valence-electron chi connectivity index (χ2n) is 36.4. The summed E-state index contributed by atoms with van der Waals surface area (Å²) in [6.45, 7) is -0.726. The quantitative estimate of drug-likeness (QED) is 0.0104. The Morgan fingerprint density at radius 1 is 0.589 bits per heavy atom. The third-order valence-corrected chi connectivity index (χ3v) is 24.7. The molecule has 50 heteroatoms. The number of aromatic amines is 3. The van der Waals surface area contributed by atoms with Crippen LogP contribution in [0.3, 0.4) is 0 Å². The fourth-order valence-electron chi connectivity index (χ4n) is 16.6. The fraction of sp³-hybridized carbons (Fsp3) is 0.615. The summed E-state index contributed by atoms with van der Waals surface area (Å²) in [4.78, 5) is 261. The van der Waals surface area contributed by atoms with Crippen LogP contribution in [0.4, 0.5) is 0 Å². The number of nitrogens with two attached hydrogens (primary N) is 3. The molecule has 50 nitrogen and oxygen atoms in total. The Hall–Kier alpha value is -14.0. The lowest BCUT2D eigenvalue weighted by Gasteiger charge is -2.31. The third kappa shape index (κ3) is 44.7. The number of carbonyl (C=O) groups excluding carboxylic acids is 17. The van der Waals surface area contributed by atoms with Crippen molar-refractivity contribution in [2.45, 2.75) is 304 Å². The van der Waals surface area contributed by atoms with Crippen molar-refractivity contribution < 1.29 is 111 Å². The van der Waals surface area contributed by atoms with Gasteiger partial charge >= 0.3 is 5.97 Å². The predicted octanol–water partition coefficient (Wildman–Crippen LogP) is -3.10. The zero-order valence-electron chi connectivity index (χ0n) is 83.0. The molecule has 2 aromatic carbocycles. The average Bonchev–Trinajstić information content (AvgIpc) is 1.66. The first kappa shape index (κ1) is 119. The van der Waals surface area contributed by atoms with E-state index < -0.39 is 250 Å². The molecule has 16 amide bonds. The number of ether oxygens (including phenoxy) is 2. The van der Waals surface area contributed by atoms with E-state index in [9.17, 15) is 87.2 Å². The molecule has 0 radical (unpaired) electrons. The second-order valence-corrected chi connectivity index (χ2v) is 36.4. The lowest BCUT2D eigenvalue weighted by molar-refractivity contribution is -0.143. The van der Waals surface area contributed by atoms with Crippen molar-refractivity contribution in [3.63, 3.8) is 0 Å². The van der Waals surface area contributed by atoms with Crippen molar-refractivity contribution in [3.8, 4) is 0 Å². The van der Waals surface area contributed by atoms with E-state index in [1.807, 2.05) is 18.2 Å². The summed E-state index contributed by atoms with van der Waals surface area (Å²) in [6.07, 6.45) is 15.4. The molecule has 0 unspecified atom stereocenters. The normalized spacial score (nSPS) is 18.4. The van der Waals surface area contributed by atoms with Crippen molar-refractivity contribution in [1.29, 1.82) is 5.41 Å². The van der Waals surface area contributed by atoms with Crippen molar-refractivity contribution in [2.24, 2.45) is 17.2 Å². The summed E-state index contributed by atoms with van der Waals surface area (Å²) in [5, 5.41) is 92.2. The van der Waals surface area contributed by atoms with Gasteiger partial charge in [-0.2, -0.15) is 0 Å². The summed E-state index contributed by atoms with van der Waals surface area (Å²) in [5.74, 6) is -15.5. The van der Waals surface area contributed by atoms with Crippen molar-refractivity contribution in [1.82, 2.24) is 120 Å². The molecule has 5 aromatic rings. The Morgan fingerprint density at radius 3 is 1.86 bits per heavy atom. The fourth-order valence-corrected chi connectivity index (χ4v) is 16.6. The number of aliphatic hydroxyl groups excluding tert-OH is 2. The number of aliphatic carboxylic acids is 1. The molecule has 2 aliphatic heterocycles. The first-order chi connectivity index (χ1) is 70.2. The molecule has 5 heterocycles. The van der Waals surface area contributed by atoms with Crippen LogP contribution >= 0.6 is 0 Å². The van der Waals surface area contributed by atoms with Gasteiger partial charge in [0.15, 0.2) is 11.7 Å². The van der Waals surface area contributed by atoms with Gasteiger partial charge in [0.25, 0.3) is 0 Å². The van der Waals surface area contributed by atoms with Gasteiger partial charge in [-0.1, -0.05) is 139 Å². The van der Waals surface area contributed by atoms with Gasteiger partial charge in [0.2, 0.25) is 94.5 Å². The maximum absolute atomic E-state index is 15.4. The van der Waals surface area contributed by atoms with E-state index in [2.05, 4.69) is 115 Å². The Morgan fingerprint density at radius 2 is 1.20 bits per heavy atom. The van der Waals surface area contributed by atoms with E-state index in [-0.39, 0.29) is 134 Å². The predicted molar refractivity (Wildman–Crippen MR) is 529 cm³/mol. The SMILES string of the molecule is CCCC[C@H](NC(=O)[C@H](CN)NC(=O)[C@H](Cc1c[nH]cn1)NC(=O)[C@@H](CCC(N)=O)NC(=O)[C@H](CO)NC(=O)CNC(=O)COCCOCCNC(=O)[C@@H](CCC(=O)O)NC(=O)CCCCCCCCCCCCCCCc1nnn[nH]1)C(=O)N[C@H]1CCC(=O)NCCCC[C@@H](C(C)=O)NC(=O)[C@H](Cc2c[nH]c3ccccc23)NC(=O)[C@H](CCCNC(=N)N)NC(=O)[C@@H](Cc2ccccc2)NC(=O)[C@@H]2C[C@@H](O)CN2C1=O. The minimum atomic E-state index is -1.81. The highest BCUT2D eigenvalue weighted by molar-refractivity contribution is 6.01. The summed E-state index contributed by atoms with van der Waals surface area (Å²) in [7, 11) is 0. The number of para-hydroxylation sites is 1. The van der Waals surface area contributed by atoms with Crippen LogP contribution in [0.2, 0.25) is 0 Å². The molecule has 2 fully saturated rings. The monoisotopic (exact) mass is 2050 g/mol. The standard InChI is InChI=1S/C96H147N27O23/c1-3-4-29-67(86(135)114-71-36-39-80(128)102-41-24-23-30-65(59(2)125)110-90(139)73(48-61-52-105-66-31-22-21-28-64(61)66)115-87(136)68(32-25-42-104-96(99)100)111-89(138)72(47-60-26-17-16-18-27-60)117-94(143)77-50-63(126)55-123(77)95(71)144)112-92(141)75(51-97)118-91(140)74(49-62-53-101-58-107-62)116-88(137)70(35-38-78(98)127)113-93(142)76(56-124)109-82(130)54-106-83(131)57-146-46-45-145-44-43-103-85(134)69(37-40-84(132)133)108-81(129)34-20-15-13-11-9-7-5-6-8-10-12-14-19-33-79-119-121-122-120-79/h16-18,21-22,26-28,31,52-53,58,63,65,67-77,105,124,126H,3-15,19-20,23-25,29-30,32-51,54-57,97H2,1-2H3,(H2,98,127)(H,101,107)(H,102,128)(H,103,134)(H,106,131)(H,108,129)(H,109,130)(H,110,139)(H,111,138)(H,112,141)(H,113,142)(H,114,135)(H,115,136)(H,116,137)(H,117,143)(H,118,140)(H,132,133)(H4,99,100,104)(H,119,120,121,122)/t63-,65+,67+,68+,69-,70-,71+,72-,73+,74+,75+,76+,77+/m1/s1. The molecule has 28 N–H and O–H groups in total. The summed E-state index contributed by atoms with van der Waals surface area (Å²) < 4.78 is 10.8. The molecule has 146 heavy (non-hydrogen) atoms. The number of nitrogens with zero attached hydrogens (tertiary/aromatic N) is 5. The maximum Gasteiger partial charge on any atom is 0.303 e. The Kier molecular flexibility index (Phi) is 53.8. The van der Waals surface area contributed by atoms with Gasteiger partial charge in [0, 0.05) is 114 Å². The lowest BCUT2D eigenvalue weighted by Crippen LogP contribution is -2.62. The van der Waals surface area contributed by atoms with E-state index in [1.165, 1.54) is 51.6 Å². The molecular formula is C96H147N27O23. The molecule has 0 saturated carbocycles. The van der Waals surface area contributed by atoms with Crippen LogP contribution in [0, 0.1) is 5.41 Å². The largest absolute Gasteiger partial charge is 0.481 e. The van der Waals surface area contributed by atoms with Gasteiger partial charge in [-0.05, 0) is 105 Å². The van der Waals surface area contributed by atoms with Crippen LogP contribution in [-0.4, -0.2) is 319 Å². The van der Waals surface area contributed by atoms with E-state index in [0.717, 1.165) is 73.0 Å². The number of hydrogen-bond donors (Lipinski definition) is 25. The molecular weight excluding hydrogens is 1900 g/mol. The Labute approximate surface area is 845 Å². The number of H-pyrrole nitrogens is 3. The van der Waals surface area contributed by atoms with Crippen LogP contribution in [0.15, 0.2) is 73.3 Å². The number of unbranched alkanes of at least 4 members (excludes halogenated alkanes) is 13. The van der Waals surface area contributed by atoms with Crippen LogP contribution in [-0.2, 0) is 121 Å². The highest BCUT2D eigenvalue weighted by Crippen LogP contribution is 2.25. The molecule has 13 atom stereocenters. The maximum atomic E-state index is 15.4. The van der Waals surface area contributed by atoms with E-state index >= 15 is 14.4 Å². The zero-order chi connectivity index (χ0) is 106. The Balaban J connectivity index is 0.936. The number of aryl methyl sites for hydroxylation is 1. The van der Waals surface area contributed by atoms with Gasteiger partial charge in [0.05, 0.1) is 57.1 Å². The van der Waals surface area contributed by atoms with Crippen molar-refractivity contribution >= 4 is 123 Å². The average molecular weight is 2050 g/mol. The molecule has 0 spiro atoms. The van der Waals surface area contributed by atoms with Crippen LogP contribution in [0.1, 0.15) is 223 Å². The molecule has 2 saturated heterocycles. The van der Waals surface area contributed by atoms with Crippen LogP contribution < -0.4 is 97.0 Å². The van der Waals surface area contributed by atoms with E-state index in [1.54, 1.807) is 49.5 Å².